The number of nitrogens with zero attached hydrogens (tertiary/aromatic N) is 2. The largest absolute Gasteiger partial charge is 0.476 e. The van der Waals surface area contributed by atoms with Gasteiger partial charge in [-0.2, -0.15) is 0 Å². The molecule has 1 aliphatic rings. The summed E-state index contributed by atoms with van der Waals surface area (Å²) in [5, 5.41) is 9.78. The van der Waals surface area contributed by atoms with Gasteiger partial charge >= 0.3 is 5.97 Å². The number of carboxylic acid groups (broad SMARTS) is 1. The molecule has 0 radical (unpaired) electrons. The molecule has 19 heavy (non-hydrogen) atoms. The number of rotatable bonds is 4. The van der Waals surface area contributed by atoms with Crippen LogP contribution in [0.1, 0.15) is 53.8 Å². The number of carboxylic acids is 1. The lowest BCUT2D eigenvalue weighted by molar-refractivity contribution is 0.0687. The van der Waals surface area contributed by atoms with E-state index in [2.05, 4.69) is 23.7 Å². The van der Waals surface area contributed by atoms with Crippen LogP contribution in [0.25, 0.3) is 0 Å². The van der Waals surface area contributed by atoms with Crippen molar-refractivity contribution in [2.75, 3.05) is 11.4 Å². The second-order valence-electron chi connectivity index (χ2n) is 5.18. The van der Waals surface area contributed by atoms with Gasteiger partial charge in [0.25, 0.3) is 0 Å². The number of aromatic carboxylic acids is 1. The Labute approximate surface area is 116 Å². The molecule has 1 saturated heterocycles. The predicted octanol–water partition coefficient (Wildman–Crippen LogP) is 2.67. The highest BCUT2D eigenvalue weighted by Crippen LogP contribution is 2.34. The van der Waals surface area contributed by atoms with Crippen LogP contribution >= 0.6 is 11.3 Å². The molecule has 1 atom stereocenters. The van der Waals surface area contributed by atoms with Crippen LogP contribution in [0, 0.1) is 5.92 Å². The molecular weight excluding hydrogens is 264 g/mol. The van der Waals surface area contributed by atoms with Gasteiger partial charge in [-0.15, -0.1) is 0 Å². The minimum Gasteiger partial charge on any atom is -0.476 e. The summed E-state index contributed by atoms with van der Waals surface area (Å²) in [5.41, 5.74) is -0.109. The van der Waals surface area contributed by atoms with Gasteiger partial charge in [0.2, 0.25) is 0 Å². The number of ketones is 1. The van der Waals surface area contributed by atoms with Crippen molar-refractivity contribution in [2.24, 2.45) is 5.92 Å². The number of carbonyl (C=O) groups excluding carboxylic acids is 1. The maximum atomic E-state index is 11.5. The zero-order chi connectivity index (χ0) is 14.2. The van der Waals surface area contributed by atoms with Crippen LogP contribution in [-0.2, 0) is 0 Å². The molecule has 0 amide bonds. The van der Waals surface area contributed by atoms with Crippen LogP contribution in [-0.4, -0.2) is 34.4 Å². The fraction of sp³-hybridized carbons (Fsp3) is 0.615. The first kappa shape index (κ1) is 14.0. The summed E-state index contributed by atoms with van der Waals surface area (Å²) >= 11 is 1.20. The van der Waals surface area contributed by atoms with Crippen molar-refractivity contribution in [3.63, 3.8) is 0 Å². The second-order valence-corrected chi connectivity index (χ2v) is 6.16. The Balaban J connectivity index is 2.38. The van der Waals surface area contributed by atoms with Gasteiger partial charge in [-0.3, -0.25) is 4.79 Å². The molecule has 5 nitrogen and oxygen atoms in total. The molecule has 1 aromatic heterocycles. The van der Waals surface area contributed by atoms with Crippen LogP contribution in [0.5, 0.6) is 0 Å². The van der Waals surface area contributed by atoms with Crippen LogP contribution in [0.15, 0.2) is 0 Å². The normalized spacial score (nSPS) is 19.2. The maximum Gasteiger partial charge on any atom is 0.356 e. The van der Waals surface area contributed by atoms with E-state index in [0.717, 1.165) is 19.4 Å². The Bertz CT molecular complexity index is 478. The number of Topliss-reactive ketones (excluding diaryl/α,β-unsaturated/α-hetero) is 1. The molecule has 0 spiro atoms. The van der Waals surface area contributed by atoms with Crippen LogP contribution in [0.2, 0.25) is 0 Å². The van der Waals surface area contributed by atoms with Gasteiger partial charge < -0.3 is 10.0 Å². The fourth-order valence-corrected chi connectivity index (χ4v) is 3.58. The highest BCUT2D eigenvalue weighted by atomic mass is 32.1. The predicted molar refractivity (Wildman–Crippen MR) is 74.3 cm³/mol. The summed E-state index contributed by atoms with van der Waals surface area (Å²) in [5.74, 6) is -0.880. The van der Waals surface area contributed by atoms with Crippen molar-refractivity contribution in [1.82, 2.24) is 4.98 Å². The van der Waals surface area contributed by atoms with E-state index < -0.39 is 5.97 Å². The zero-order valence-corrected chi connectivity index (χ0v) is 12.2. The van der Waals surface area contributed by atoms with Crippen molar-refractivity contribution in [3.8, 4) is 0 Å². The van der Waals surface area contributed by atoms with E-state index in [1.165, 1.54) is 18.3 Å². The van der Waals surface area contributed by atoms with Crippen LogP contribution in [0.4, 0.5) is 5.13 Å². The first-order chi connectivity index (χ1) is 8.91. The van der Waals surface area contributed by atoms with E-state index >= 15 is 0 Å². The van der Waals surface area contributed by atoms with Gasteiger partial charge in [-0.05, 0) is 18.8 Å². The topological polar surface area (TPSA) is 70.5 Å². The average molecular weight is 282 g/mol. The Morgan fingerprint density at radius 1 is 1.47 bits per heavy atom. The third-order valence-corrected chi connectivity index (χ3v) is 4.65. The Hall–Kier alpha value is -1.43. The summed E-state index contributed by atoms with van der Waals surface area (Å²) in [6.45, 7) is 6.57. The van der Waals surface area contributed by atoms with E-state index in [4.69, 9.17) is 5.11 Å². The summed E-state index contributed by atoms with van der Waals surface area (Å²) in [7, 11) is 0. The number of thiazole rings is 1. The SMILES string of the molecule is CC(=O)c1sc(N2CCCC2C(C)C)nc1C(=O)O. The number of hydrogen-bond acceptors (Lipinski definition) is 5. The number of aromatic nitrogens is 1. The van der Waals surface area contributed by atoms with Gasteiger partial charge in [-0.1, -0.05) is 25.2 Å². The average Bonchev–Trinajstić information content (AvgIpc) is 2.95. The molecule has 0 bridgehead atoms. The lowest BCUT2D eigenvalue weighted by Crippen LogP contribution is -2.33. The smallest absolute Gasteiger partial charge is 0.356 e. The quantitative estimate of drug-likeness (QED) is 0.860. The van der Waals surface area contributed by atoms with E-state index in [-0.39, 0.29) is 16.4 Å². The minimum absolute atomic E-state index is 0.109. The van der Waals surface area contributed by atoms with E-state index in [1.807, 2.05) is 0 Å². The molecule has 6 heteroatoms. The lowest BCUT2D eigenvalue weighted by Gasteiger charge is -2.27. The zero-order valence-electron chi connectivity index (χ0n) is 11.3. The van der Waals surface area contributed by atoms with Gasteiger partial charge in [0.1, 0.15) is 4.88 Å². The molecule has 1 aliphatic heterocycles. The monoisotopic (exact) mass is 282 g/mol. The molecule has 1 aromatic rings. The lowest BCUT2D eigenvalue weighted by atomic mass is 10.0. The van der Waals surface area contributed by atoms with Crippen molar-refractivity contribution in [3.05, 3.63) is 10.6 Å². The molecule has 1 fully saturated rings. The molecule has 104 valence electrons. The summed E-state index contributed by atoms with van der Waals surface area (Å²) < 4.78 is 0. The van der Waals surface area contributed by atoms with Gasteiger partial charge in [0.15, 0.2) is 16.6 Å². The van der Waals surface area contributed by atoms with E-state index in [0.29, 0.717) is 17.1 Å². The molecule has 0 aliphatic carbocycles. The standard InChI is InChI=1S/C13H18N2O3S/c1-7(2)9-5-4-6-15(9)13-14-10(12(17)18)11(19-13)8(3)16/h7,9H,4-6H2,1-3H3,(H,17,18). The number of hydrogen-bond donors (Lipinski definition) is 1. The van der Waals surface area contributed by atoms with Gasteiger partial charge in [0, 0.05) is 19.5 Å². The Morgan fingerprint density at radius 2 is 2.16 bits per heavy atom. The minimum atomic E-state index is -1.13. The summed E-state index contributed by atoms with van der Waals surface area (Å²) in [4.78, 5) is 29.2. The Morgan fingerprint density at radius 3 is 2.63 bits per heavy atom. The molecule has 0 saturated carbocycles. The van der Waals surface area contributed by atoms with Crippen molar-refractivity contribution >= 4 is 28.2 Å². The first-order valence-electron chi connectivity index (χ1n) is 6.43. The van der Waals surface area contributed by atoms with E-state index in [9.17, 15) is 9.59 Å². The molecular formula is C13H18N2O3S. The summed E-state index contributed by atoms with van der Waals surface area (Å²) in [6, 6.07) is 0.382. The van der Waals surface area contributed by atoms with Crippen LogP contribution in [0.3, 0.4) is 0 Å². The maximum absolute atomic E-state index is 11.5. The van der Waals surface area contributed by atoms with Crippen molar-refractivity contribution in [1.29, 1.82) is 0 Å². The molecule has 0 aromatic carbocycles. The van der Waals surface area contributed by atoms with Crippen LogP contribution < -0.4 is 4.90 Å². The molecule has 2 rings (SSSR count). The third kappa shape index (κ3) is 2.63. The number of carbonyl (C=O) groups is 2. The third-order valence-electron chi connectivity index (χ3n) is 3.45. The number of anilines is 1. The summed E-state index contributed by atoms with van der Waals surface area (Å²) in [6.07, 6.45) is 2.18. The molecule has 1 N–H and O–H groups in total. The van der Waals surface area contributed by atoms with Crippen molar-refractivity contribution < 1.29 is 14.7 Å². The van der Waals surface area contributed by atoms with Gasteiger partial charge in [-0.25, -0.2) is 9.78 Å². The highest BCUT2D eigenvalue weighted by molar-refractivity contribution is 7.17. The second kappa shape index (κ2) is 5.28. The van der Waals surface area contributed by atoms with Gasteiger partial charge in [0.05, 0.1) is 0 Å². The fourth-order valence-electron chi connectivity index (χ4n) is 2.54. The van der Waals surface area contributed by atoms with E-state index in [1.54, 1.807) is 0 Å². The molecule has 2 heterocycles. The van der Waals surface area contributed by atoms with Crippen molar-refractivity contribution in [2.45, 2.75) is 39.7 Å². The highest BCUT2D eigenvalue weighted by Gasteiger charge is 2.31. The first-order valence-corrected chi connectivity index (χ1v) is 7.25. The molecule has 1 unspecified atom stereocenters. The Kier molecular flexibility index (Phi) is 3.89.